The lowest BCUT2D eigenvalue weighted by molar-refractivity contribution is 0.227. The minimum absolute atomic E-state index is 0.694. The van der Waals surface area contributed by atoms with E-state index in [0.29, 0.717) is 6.04 Å². The number of nitrogens with zero attached hydrogens (tertiary/aromatic N) is 1. The second-order valence-electron chi connectivity index (χ2n) is 3.12. The standard InChI is InChI=1S/C9H22N2/c1-4-8-11(3)9(5-2)6-7-10/h9H,4-8,10H2,1-3H3. The van der Waals surface area contributed by atoms with Crippen molar-refractivity contribution in [3.05, 3.63) is 0 Å². The van der Waals surface area contributed by atoms with Crippen molar-refractivity contribution in [2.75, 3.05) is 20.1 Å². The van der Waals surface area contributed by atoms with Crippen LogP contribution in [0.3, 0.4) is 0 Å². The molecule has 0 aromatic heterocycles. The summed E-state index contributed by atoms with van der Waals surface area (Å²) in [7, 11) is 2.19. The van der Waals surface area contributed by atoms with Gasteiger partial charge < -0.3 is 10.6 Å². The maximum Gasteiger partial charge on any atom is 0.0102 e. The van der Waals surface area contributed by atoms with Crippen LogP contribution in [0.4, 0.5) is 0 Å². The molecule has 2 heteroatoms. The van der Waals surface area contributed by atoms with E-state index in [9.17, 15) is 0 Å². The normalized spacial score (nSPS) is 13.9. The van der Waals surface area contributed by atoms with E-state index in [-0.39, 0.29) is 0 Å². The Bertz CT molecular complexity index is 83.6. The van der Waals surface area contributed by atoms with Crippen molar-refractivity contribution in [2.45, 2.75) is 39.2 Å². The molecule has 0 amide bonds. The third-order valence-corrected chi connectivity index (χ3v) is 2.17. The highest BCUT2D eigenvalue weighted by Crippen LogP contribution is 2.05. The van der Waals surface area contributed by atoms with Crippen LogP contribution in [0.25, 0.3) is 0 Å². The van der Waals surface area contributed by atoms with Gasteiger partial charge in [0.1, 0.15) is 0 Å². The maximum atomic E-state index is 5.51. The SMILES string of the molecule is CCCN(C)C(CC)CCN. The molecule has 68 valence electrons. The average molecular weight is 158 g/mol. The Labute approximate surface area is 70.8 Å². The minimum Gasteiger partial charge on any atom is -0.330 e. The summed E-state index contributed by atoms with van der Waals surface area (Å²) in [5.41, 5.74) is 5.51. The van der Waals surface area contributed by atoms with E-state index < -0.39 is 0 Å². The molecule has 0 heterocycles. The molecule has 0 aromatic rings. The van der Waals surface area contributed by atoms with E-state index in [1.165, 1.54) is 19.4 Å². The largest absolute Gasteiger partial charge is 0.330 e. The van der Waals surface area contributed by atoms with Crippen LogP contribution in [-0.2, 0) is 0 Å². The first kappa shape index (κ1) is 10.9. The minimum atomic E-state index is 0.694. The molecule has 1 unspecified atom stereocenters. The van der Waals surface area contributed by atoms with Crippen LogP contribution in [0, 0.1) is 0 Å². The van der Waals surface area contributed by atoms with Gasteiger partial charge in [-0.2, -0.15) is 0 Å². The summed E-state index contributed by atoms with van der Waals surface area (Å²) in [6.45, 7) is 6.45. The molecule has 0 bridgehead atoms. The molecule has 2 N–H and O–H groups in total. The molecule has 0 aliphatic rings. The Morgan fingerprint density at radius 3 is 2.36 bits per heavy atom. The molecule has 11 heavy (non-hydrogen) atoms. The van der Waals surface area contributed by atoms with Gasteiger partial charge in [0, 0.05) is 6.04 Å². The van der Waals surface area contributed by atoms with Crippen LogP contribution in [-0.4, -0.2) is 31.1 Å². The lowest BCUT2D eigenvalue weighted by Gasteiger charge is -2.26. The Hall–Kier alpha value is -0.0800. The van der Waals surface area contributed by atoms with Gasteiger partial charge in [0.25, 0.3) is 0 Å². The Morgan fingerprint density at radius 1 is 1.36 bits per heavy atom. The van der Waals surface area contributed by atoms with Gasteiger partial charge in [0.05, 0.1) is 0 Å². The summed E-state index contributed by atoms with van der Waals surface area (Å²) in [6, 6.07) is 0.694. The highest BCUT2D eigenvalue weighted by atomic mass is 15.1. The molecule has 0 rings (SSSR count). The lowest BCUT2D eigenvalue weighted by atomic mass is 10.1. The van der Waals surface area contributed by atoms with Gasteiger partial charge >= 0.3 is 0 Å². The van der Waals surface area contributed by atoms with Crippen molar-refractivity contribution < 1.29 is 0 Å². The molecule has 0 aliphatic heterocycles. The number of nitrogens with two attached hydrogens (primary N) is 1. The summed E-state index contributed by atoms with van der Waals surface area (Å²) >= 11 is 0. The fraction of sp³-hybridized carbons (Fsp3) is 1.00. The number of hydrogen-bond donors (Lipinski definition) is 1. The zero-order valence-corrected chi connectivity index (χ0v) is 8.14. The first-order chi connectivity index (χ1) is 5.26. The van der Waals surface area contributed by atoms with Crippen molar-refractivity contribution in [2.24, 2.45) is 5.73 Å². The first-order valence-electron chi connectivity index (χ1n) is 4.66. The van der Waals surface area contributed by atoms with Gasteiger partial charge in [-0.15, -0.1) is 0 Å². The quantitative estimate of drug-likeness (QED) is 0.634. The van der Waals surface area contributed by atoms with Gasteiger partial charge in [-0.3, -0.25) is 0 Å². The summed E-state index contributed by atoms with van der Waals surface area (Å²) in [5, 5.41) is 0. The van der Waals surface area contributed by atoms with E-state index in [2.05, 4.69) is 25.8 Å². The van der Waals surface area contributed by atoms with Crippen molar-refractivity contribution in [1.29, 1.82) is 0 Å². The topological polar surface area (TPSA) is 29.3 Å². The summed E-state index contributed by atoms with van der Waals surface area (Å²) in [4.78, 5) is 2.41. The van der Waals surface area contributed by atoms with Crippen LogP contribution in [0.5, 0.6) is 0 Å². The van der Waals surface area contributed by atoms with Gasteiger partial charge in [0.15, 0.2) is 0 Å². The second-order valence-corrected chi connectivity index (χ2v) is 3.12. The number of hydrogen-bond acceptors (Lipinski definition) is 2. The van der Waals surface area contributed by atoms with E-state index in [1.54, 1.807) is 0 Å². The van der Waals surface area contributed by atoms with Crippen LogP contribution >= 0.6 is 0 Å². The zero-order valence-electron chi connectivity index (χ0n) is 8.14. The molecule has 0 saturated heterocycles. The van der Waals surface area contributed by atoms with Crippen LogP contribution in [0.15, 0.2) is 0 Å². The molecule has 0 aliphatic carbocycles. The fourth-order valence-corrected chi connectivity index (χ4v) is 1.46. The van der Waals surface area contributed by atoms with E-state index in [4.69, 9.17) is 5.73 Å². The summed E-state index contributed by atoms with van der Waals surface area (Å²) in [5.74, 6) is 0. The van der Waals surface area contributed by atoms with Gasteiger partial charge in [0.2, 0.25) is 0 Å². The zero-order chi connectivity index (χ0) is 8.69. The number of rotatable bonds is 6. The molecular weight excluding hydrogens is 136 g/mol. The monoisotopic (exact) mass is 158 g/mol. The fourth-order valence-electron chi connectivity index (χ4n) is 1.46. The third-order valence-electron chi connectivity index (χ3n) is 2.17. The predicted octanol–water partition coefficient (Wildman–Crippen LogP) is 1.46. The van der Waals surface area contributed by atoms with Crippen molar-refractivity contribution in [1.82, 2.24) is 4.90 Å². The Kier molecular flexibility index (Phi) is 6.57. The lowest BCUT2D eigenvalue weighted by Crippen LogP contribution is -2.33. The molecule has 0 saturated carbocycles. The van der Waals surface area contributed by atoms with Crippen molar-refractivity contribution in [3.63, 3.8) is 0 Å². The van der Waals surface area contributed by atoms with E-state index >= 15 is 0 Å². The molecule has 1 atom stereocenters. The van der Waals surface area contributed by atoms with Crippen molar-refractivity contribution >= 4 is 0 Å². The van der Waals surface area contributed by atoms with Crippen LogP contribution in [0.2, 0.25) is 0 Å². The smallest absolute Gasteiger partial charge is 0.0102 e. The maximum absolute atomic E-state index is 5.51. The Balaban J connectivity index is 3.61. The third kappa shape index (κ3) is 4.38. The summed E-state index contributed by atoms with van der Waals surface area (Å²) < 4.78 is 0. The molecule has 0 radical (unpaired) electrons. The van der Waals surface area contributed by atoms with Crippen LogP contribution < -0.4 is 5.73 Å². The molecule has 0 fully saturated rings. The first-order valence-corrected chi connectivity index (χ1v) is 4.66. The molecule has 2 nitrogen and oxygen atoms in total. The molecule has 0 aromatic carbocycles. The van der Waals surface area contributed by atoms with E-state index in [1.807, 2.05) is 0 Å². The van der Waals surface area contributed by atoms with Gasteiger partial charge in [-0.25, -0.2) is 0 Å². The van der Waals surface area contributed by atoms with Crippen LogP contribution in [0.1, 0.15) is 33.1 Å². The molecular formula is C9H22N2. The molecule has 0 spiro atoms. The summed E-state index contributed by atoms with van der Waals surface area (Å²) in [6.07, 6.45) is 3.58. The average Bonchev–Trinajstić information content (AvgIpc) is 2.00. The highest BCUT2D eigenvalue weighted by Gasteiger charge is 2.09. The van der Waals surface area contributed by atoms with Crippen molar-refractivity contribution in [3.8, 4) is 0 Å². The second kappa shape index (κ2) is 6.62. The van der Waals surface area contributed by atoms with E-state index in [0.717, 1.165) is 13.0 Å². The predicted molar refractivity (Wildman–Crippen MR) is 50.7 cm³/mol. The highest BCUT2D eigenvalue weighted by molar-refractivity contribution is 4.66. The Morgan fingerprint density at radius 2 is 2.00 bits per heavy atom. The van der Waals surface area contributed by atoms with Gasteiger partial charge in [-0.05, 0) is 39.4 Å². The van der Waals surface area contributed by atoms with Gasteiger partial charge in [-0.1, -0.05) is 13.8 Å².